The number of nitrogens with one attached hydrogen (secondary N) is 1. The van der Waals surface area contributed by atoms with E-state index in [2.05, 4.69) is 15.3 Å². The molecule has 4 rings (SSSR count). The van der Waals surface area contributed by atoms with Crippen molar-refractivity contribution in [2.45, 2.75) is 20.1 Å². The van der Waals surface area contributed by atoms with Crippen LogP contribution in [-0.2, 0) is 17.9 Å². The van der Waals surface area contributed by atoms with E-state index in [0.717, 1.165) is 22.5 Å². The highest BCUT2D eigenvalue weighted by atomic mass is 16.5. The van der Waals surface area contributed by atoms with E-state index in [1.807, 2.05) is 78.2 Å². The number of hydrogen-bond donors (Lipinski definition) is 1. The number of carbonyl (C=O) groups excluding carboxylic acids is 1. The normalized spacial score (nSPS) is 10.8. The van der Waals surface area contributed by atoms with Crippen LogP contribution in [0.5, 0.6) is 5.75 Å². The van der Waals surface area contributed by atoms with Gasteiger partial charge in [0.1, 0.15) is 30.5 Å². The van der Waals surface area contributed by atoms with Crippen molar-refractivity contribution >= 4 is 22.8 Å². The molecule has 140 valence electrons. The summed E-state index contributed by atoms with van der Waals surface area (Å²) < 4.78 is 7.73. The summed E-state index contributed by atoms with van der Waals surface area (Å²) >= 11 is 0. The summed E-state index contributed by atoms with van der Waals surface area (Å²) in [5.41, 5.74) is 2.57. The highest BCUT2D eigenvalue weighted by Crippen LogP contribution is 2.18. The first-order chi connectivity index (χ1) is 13.7. The number of imidazole rings is 1. The molecule has 28 heavy (non-hydrogen) atoms. The van der Waals surface area contributed by atoms with Gasteiger partial charge >= 0.3 is 0 Å². The fourth-order valence-electron chi connectivity index (χ4n) is 3.02. The lowest BCUT2D eigenvalue weighted by molar-refractivity contribution is -0.116. The van der Waals surface area contributed by atoms with Crippen molar-refractivity contribution in [3.8, 4) is 5.75 Å². The lowest BCUT2D eigenvalue weighted by Crippen LogP contribution is -2.21. The minimum Gasteiger partial charge on any atom is -0.486 e. The van der Waals surface area contributed by atoms with Crippen LogP contribution in [0.4, 0.5) is 5.82 Å². The Morgan fingerprint density at radius 3 is 2.57 bits per heavy atom. The molecule has 0 aliphatic carbocycles. The van der Waals surface area contributed by atoms with Crippen molar-refractivity contribution in [1.29, 1.82) is 0 Å². The number of benzene rings is 2. The number of ether oxygens (including phenoxy) is 1. The van der Waals surface area contributed by atoms with E-state index in [1.165, 1.54) is 0 Å². The Hall–Kier alpha value is -3.67. The highest BCUT2D eigenvalue weighted by Gasteiger charge is 2.14. The number of fused-ring (bicyclic) bond motifs is 1. The third-order valence-corrected chi connectivity index (χ3v) is 4.30. The molecule has 0 unspecified atom stereocenters. The van der Waals surface area contributed by atoms with E-state index in [-0.39, 0.29) is 19.1 Å². The Morgan fingerprint density at radius 2 is 1.75 bits per heavy atom. The first-order valence-electron chi connectivity index (χ1n) is 9.04. The van der Waals surface area contributed by atoms with Crippen molar-refractivity contribution in [1.82, 2.24) is 14.5 Å². The zero-order valence-electron chi connectivity index (χ0n) is 15.5. The molecule has 0 fully saturated rings. The van der Waals surface area contributed by atoms with E-state index in [9.17, 15) is 4.79 Å². The van der Waals surface area contributed by atoms with Gasteiger partial charge in [-0.1, -0.05) is 36.4 Å². The van der Waals surface area contributed by atoms with Crippen molar-refractivity contribution in [3.63, 3.8) is 0 Å². The molecule has 4 aromatic rings. The monoisotopic (exact) mass is 372 g/mol. The van der Waals surface area contributed by atoms with Gasteiger partial charge in [0.2, 0.25) is 5.91 Å². The number of nitrogens with zero attached hydrogens (tertiary/aromatic N) is 3. The fourth-order valence-corrected chi connectivity index (χ4v) is 3.02. The molecule has 0 radical (unpaired) electrons. The van der Waals surface area contributed by atoms with E-state index in [4.69, 9.17) is 4.74 Å². The number of carbonyl (C=O) groups is 1. The molecule has 0 saturated carbocycles. The molecular weight excluding hydrogens is 352 g/mol. The van der Waals surface area contributed by atoms with Gasteiger partial charge in [0.25, 0.3) is 0 Å². The van der Waals surface area contributed by atoms with Crippen LogP contribution in [0.3, 0.4) is 0 Å². The van der Waals surface area contributed by atoms with E-state index in [0.29, 0.717) is 11.6 Å². The second kappa shape index (κ2) is 7.92. The molecule has 0 aliphatic heterocycles. The molecule has 1 amide bonds. The highest BCUT2D eigenvalue weighted by molar-refractivity contribution is 5.90. The van der Waals surface area contributed by atoms with Crippen LogP contribution in [0.25, 0.3) is 11.0 Å². The number of para-hydroxylation sites is 3. The third-order valence-electron chi connectivity index (χ3n) is 4.30. The number of aromatic nitrogens is 3. The minimum atomic E-state index is -0.165. The molecule has 6 heteroatoms. The molecule has 0 spiro atoms. The van der Waals surface area contributed by atoms with Crippen LogP contribution in [-0.4, -0.2) is 20.4 Å². The van der Waals surface area contributed by atoms with Gasteiger partial charge in [-0.2, -0.15) is 0 Å². The van der Waals surface area contributed by atoms with Crippen LogP contribution in [0.15, 0.2) is 72.8 Å². The predicted octanol–water partition coefficient (Wildman–Crippen LogP) is 3.96. The maximum Gasteiger partial charge on any atom is 0.245 e. The minimum absolute atomic E-state index is 0.129. The number of aryl methyl sites for hydroxylation is 1. The molecule has 6 nitrogen and oxygen atoms in total. The van der Waals surface area contributed by atoms with Crippen LogP contribution in [0.2, 0.25) is 0 Å². The van der Waals surface area contributed by atoms with Gasteiger partial charge in [0.15, 0.2) is 0 Å². The van der Waals surface area contributed by atoms with E-state index >= 15 is 0 Å². The van der Waals surface area contributed by atoms with Crippen molar-refractivity contribution in [2.24, 2.45) is 0 Å². The summed E-state index contributed by atoms with van der Waals surface area (Å²) in [4.78, 5) is 21.6. The molecule has 0 bridgehead atoms. The maximum absolute atomic E-state index is 12.6. The molecule has 2 heterocycles. The van der Waals surface area contributed by atoms with E-state index in [1.54, 1.807) is 6.07 Å². The van der Waals surface area contributed by atoms with Crippen LogP contribution in [0.1, 0.15) is 11.5 Å². The molecule has 1 N–H and O–H groups in total. The zero-order valence-corrected chi connectivity index (χ0v) is 15.5. The zero-order chi connectivity index (χ0) is 19.3. The van der Waals surface area contributed by atoms with Gasteiger partial charge in [0, 0.05) is 5.69 Å². The number of pyridine rings is 1. The van der Waals surface area contributed by atoms with Crippen LogP contribution >= 0.6 is 0 Å². The second-order valence-electron chi connectivity index (χ2n) is 6.42. The van der Waals surface area contributed by atoms with Gasteiger partial charge in [-0.25, -0.2) is 9.97 Å². The van der Waals surface area contributed by atoms with Gasteiger partial charge in [-0.3, -0.25) is 4.79 Å². The largest absolute Gasteiger partial charge is 0.486 e. The third kappa shape index (κ3) is 4.01. The first kappa shape index (κ1) is 17.7. The summed E-state index contributed by atoms with van der Waals surface area (Å²) in [6.45, 7) is 2.29. The topological polar surface area (TPSA) is 69.0 Å². The van der Waals surface area contributed by atoms with Gasteiger partial charge in [0.05, 0.1) is 11.0 Å². The average Bonchev–Trinajstić information content (AvgIpc) is 3.05. The Morgan fingerprint density at radius 1 is 0.964 bits per heavy atom. The summed E-state index contributed by atoms with van der Waals surface area (Å²) in [5, 5.41) is 2.85. The van der Waals surface area contributed by atoms with Gasteiger partial charge in [-0.05, 0) is 43.3 Å². The molecule has 0 saturated heterocycles. The number of rotatable bonds is 6. The summed E-state index contributed by atoms with van der Waals surface area (Å²) in [6.07, 6.45) is 0. The van der Waals surface area contributed by atoms with Gasteiger partial charge < -0.3 is 14.6 Å². The van der Waals surface area contributed by atoms with Crippen LogP contribution < -0.4 is 10.1 Å². The van der Waals surface area contributed by atoms with Gasteiger partial charge in [-0.15, -0.1) is 0 Å². The SMILES string of the molecule is Cc1cccc(NC(=O)Cn2c(COc3ccccc3)nc3ccccc32)n1. The Balaban J connectivity index is 1.56. The van der Waals surface area contributed by atoms with Crippen molar-refractivity contribution in [2.75, 3.05) is 5.32 Å². The number of hydrogen-bond acceptors (Lipinski definition) is 4. The van der Waals surface area contributed by atoms with E-state index < -0.39 is 0 Å². The Labute approximate surface area is 162 Å². The lowest BCUT2D eigenvalue weighted by Gasteiger charge is -2.11. The predicted molar refractivity (Wildman–Crippen MR) is 108 cm³/mol. The lowest BCUT2D eigenvalue weighted by atomic mass is 10.3. The molecule has 2 aromatic heterocycles. The average molecular weight is 372 g/mol. The Bertz CT molecular complexity index is 1110. The fraction of sp³-hybridized carbons (Fsp3) is 0.136. The summed E-state index contributed by atoms with van der Waals surface area (Å²) in [7, 11) is 0. The van der Waals surface area contributed by atoms with Crippen LogP contribution in [0, 0.1) is 6.92 Å². The Kier molecular flexibility index (Phi) is 5.01. The number of anilines is 1. The second-order valence-corrected chi connectivity index (χ2v) is 6.42. The van der Waals surface area contributed by atoms with Crippen molar-refractivity contribution < 1.29 is 9.53 Å². The summed E-state index contributed by atoms with van der Waals surface area (Å²) in [5.74, 6) is 1.82. The van der Waals surface area contributed by atoms with Crippen molar-refractivity contribution in [3.05, 3.63) is 84.3 Å². The quantitative estimate of drug-likeness (QED) is 0.556. The smallest absolute Gasteiger partial charge is 0.245 e. The maximum atomic E-state index is 12.6. The summed E-state index contributed by atoms with van der Waals surface area (Å²) in [6, 6.07) is 22.8. The molecule has 0 aliphatic rings. The standard InChI is InChI=1S/C22H20N4O2/c1-16-8-7-13-20(23-16)25-22(27)14-26-19-12-6-5-11-18(19)24-21(26)15-28-17-9-3-2-4-10-17/h2-13H,14-15H2,1H3,(H,23,25,27). The molecule has 0 atom stereocenters. The first-order valence-corrected chi connectivity index (χ1v) is 9.04. The number of amides is 1. The molecular formula is C22H20N4O2. The molecule has 2 aromatic carbocycles.